The molecule has 0 aliphatic carbocycles. The monoisotopic (exact) mass is 341 g/mol. The zero-order chi connectivity index (χ0) is 17.0. The Bertz CT molecular complexity index is 654. The SMILES string of the molecule is CNS(=O)(=O)c1ccccc1N1CCN([C@H](C)C(=O)OC)CC1. The number of piperazine rings is 1. The van der Waals surface area contributed by atoms with Crippen LogP contribution in [-0.2, 0) is 19.6 Å². The van der Waals surface area contributed by atoms with E-state index in [1.54, 1.807) is 12.1 Å². The van der Waals surface area contributed by atoms with Crippen LogP contribution in [0.5, 0.6) is 0 Å². The molecule has 1 saturated heterocycles. The molecule has 1 atom stereocenters. The summed E-state index contributed by atoms with van der Waals surface area (Å²) < 4.78 is 31.4. The first kappa shape index (κ1) is 17.7. The Hall–Kier alpha value is -1.64. The molecule has 1 aromatic rings. The maximum Gasteiger partial charge on any atom is 0.322 e. The highest BCUT2D eigenvalue weighted by molar-refractivity contribution is 7.89. The van der Waals surface area contributed by atoms with Crippen LogP contribution in [0, 0.1) is 0 Å². The van der Waals surface area contributed by atoms with Crippen LogP contribution >= 0.6 is 0 Å². The predicted octanol–water partition coefficient (Wildman–Crippen LogP) is 0.278. The molecule has 1 N–H and O–H groups in total. The maximum absolute atomic E-state index is 12.2. The van der Waals surface area contributed by atoms with E-state index in [-0.39, 0.29) is 16.9 Å². The van der Waals surface area contributed by atoms with E-state index in [9.17, 15) is 13.2 Å². The van der Waals surface area contributed by atoms with Gasteiger partial charge in [0.25, 0.3) is 0 Å². The average Bonchev–Trinajstić information content (AvgIpc) is 2.60. The van der Waals surface area contributed by atoms with Crippen LogP contribution in [-0.4, -0.2) is 65.7 Å². The molecule has 2 rings (SSSR count). The lowest BCUT2D eigenvalue weighted by atomic mass is 10.2. The first-order chi connectivity index (χ1) is 10.9. The second-order valence-electron chi connectivity index (χ2n) is 5.40. The number of ether oxygens (including phenoxy) is 1. The maximum atomic E-state index is 12.2. The second-order valence-corrected chi connectivity index (χ2v) is 7.25. The number of nitrogens with one attached hydrogen (secondary N) is 1. The molecule has 7 nitrogen and oxygen atoms in total. The van der Waals surface area contributed by atoms with Gasteiger partial charge in [0.2, 0.25) is 10.0 Å². The van der Waals surface area contributed by atoms with Crippen LogP contribution in [0.2, 0.25) is 0 Å². The van der Waals surface area contributed by atoms with E-state index in [2.05, 4.69) is 4.72 Å². The van der Waals surface area contributed by atoms with Gasteiger partial charge < -0.3 is 9.64 Å². The summed E-state index contributed by atoms with van der Waals surface area (Å²) >= 11 is 0. The number of anilines is 1. The van der Waals surface area contributed by atoms with Gasteiger partial charge in [-0.05, 0) is 26.1 Å². The molecule has 0 spiro atoms. The summed E-state index contributed by atoms with van der Waals surface area (Å²) in [4.78, 5) is 16.0. The van der Waals surface area contributed by atoms with Crippen LogP contribution in [0.4, 0.5) is 5.69 Å². The lowest BCUT2D eigenvalue weighted by Crippen LogP contribution is -2.52. The van der Waals surface area contributed by atoms with Gasteiger partial charge in [0.05, 0.1) is 12.8 Å². The minimum absolute atomic E-state index is 0.253. The molecule has 23 heavy (non-hydrogen) atoms. The molecule has 1 aliphatic heterocycles. The van der Waals surface area contributed by atoms with E-state index in [0.717, 1.165) is 0 Å². The predicted molar refractivity (Wildman–Crippen MR) is 88.0 cm³/mol. The molecule has 0 bridgehead atoms. The Balaban J connectivity index is 2.14. The third-order valence-corrected chi connectivity index (χ3v) is 5.63. The van der Waals surface area contributed by atoms with Crippen LogP contribution in [0.25, 0.3) is 0 Å². The largest absolute Gasteiger partial charge is 0.468 e. The standard InChI is InChI=1S/C15H23N3O4S/c1-12(15(19)22-3)17-8-10-18(11-9-17)13-6-4-5-7-14(13)23(20,21)16-2/h4-7,12,16H,8-11H2,1-3H3/t12-/m1/s1. The van der Waals surface area contributed by atoms with Crippen molar-refractivity contribution >= 4 is 21.7 Å². The fourth-order valence-electron chi connectivity index (χ4n) is 2.73. The van der Waals surface area contributed by atoms with Gasteiger partial charge in [-0.1, -0.05) is 12.1 Å². The Kier molecular flexibility index (Phi) is 5.61. The zero-order valence-corrected chi connectivity index (χ0v) is 14.5. The van der Waals surface area contributed by atoms with Crippen LogP contribution in [0.15, 0.2) is 29.2 Å². The van der Waals surface area contributed by atoms with Crippen molar-refractivity contribution in [1.82, 2.24) is 9.62 Å². The smallest absolute Gasteiger partial charge is 0.322 e. The molecule has 1 aliphatic rings. The first-order valence-electron chi connectivity index (χ1n) is 7.50. The summed E-state index contributed by atoms with van der Waals surface area (Å²) in [6, 6.07) is 6.66. The van der Waals surface area contributed by atoms with Crippen molar-refractivity contribution in [2.45, 2.75) is 17.9 Å². The third-order valence-electron chi connectivity index (χ3n) is 4.17. The summed E-state index contributed by atoms with van der Waals surface area (Å²) in [5.74, 6) is -0.253. The molecule has 128 valence electrons. The average molecular weight is 341 g/mol. The first-order valence-corrected chi connectivity index (χ1v) is 8.98. The van der Waals surface area contributed by atoms with Gasteiger partial charge in [-0.15, -0.1) is 0 Å². The van der Waals surface area contributed by atoms with Crippen molar-refractivity contribution in [3.63, 3.8) is 0 Å². The Morgan fingerprint density at radius 1 is 1.22 bits per heavy atom. The molecular weight excluding hydrogens is 318 g/mol. The third kappa shape index (κ3) is 3.82. The Labute approximate surface area is 137 Å². The van der Waals surface area contributed by atoms with Crippen molar-refractivity contribution in [3.8, 4) is 0 Å². The summed E-state index contributed by atoms with van der Waals surface area (Å²) in [5, 5.41) is 0. The Morgan fingerprint density at radius 3 is 2.39 bits per heavy atom. The normalized spacial score (nSPS) is 17.8. The quantitative estimate of drug-likeness (QED) is 0.775. The van der Waals surface area contributed by atoms with E-state index in [0.29, 0.717) is 31.9 Å². The van der Waals surface area contributed by atoms with Crippen molar-refractivity contribution in [1.29, 1.82) is 0 Å². The molecule has 1 heterocycles. The molecule has 0 aromatic heterocycles. The number of benzene rings is 1. The molecule has 1 aromatic carbocycles. The molecule has 0 amide bonds. The lowest BCUT2D eigenvalue weighted by Gasteiger charge is -2.38. The highest BCUT2D eigenvalue weighted by Gasteiger charge is 2.28. The number of carbonyl (C=O) groups excluding carboxylic acids is 1. The van der Waals surface area contributed by atoms with Crippen molar-refractivity contribution in [3.05, 3.63) is 24.3 Å². The number of carbonyl (C=O) groups is 1. The minimum Gasteiger partial charge on any atom is -0.468 e. The highest BCUT2D eigenvalue weighted by Crippen LogP contribution is 2.26. The van der Waals surface area contributed by atoms with Crippen molar-refractivity contribution in [2.75, 3.05) is 45.2 Å². The summed E-state index contributed by atoms with van der Waals surface area (Å²) in [6.07, 6.45) is 0. The van der Waals surface area contributed by atoms with Gasteiger partial charge in [0, 0.05) is 26.2 Å². The van der Waals surface area contributed by atoms with Gasteiger partial charge >= 0.3 is 5.97 Å². The fourth-order valence-corrected chi connectivity index (χ4v) is 3.68. The fraction of sp³-hybridized carbons (Fsp3) is 0.533. The van der Waals surface area contributed by atoms with E-state index >= 15 is 0 Å². The van der Waals surface area contributed by atoms with Crippen molar-refractivity contribution in [2.24, 2.45) is 0 Å². The number of nitrogens with zero attached hydrogens (tertiary/aromatic N) is 2. The number of rotatable bonds is 5. The summed E-state index contributed by atoms with van der Waals surface area (Å²) in [6.45, 7) is 4.46. The van der Waals surface area contributed by atoms with Crippen LogP contribution in [0.1, 0.15) is 6.92 Å². The number of sulfonamides is 1. The number of para-hydroxylation sites is 1. The van der Waals surface area contributed by atoms with Gasteiger partial charge in [-0.25, -0.2) is 13.1 Å². The van der Waals surface area contributed by atoms with Gasteiger partial charge in [-0.2, -0.15) is 0 Å². The molecule has 0 saturated carbocycles. The van der Waals surface area contributed by atoms with Crippen molar-refractivity contribution < 1.29 is 17.9 Å². The number of methoxy groups -OCH3 is 1. The minimum atomic E-state index is -3.50. The Morgan fingerprint density at radius 2 is 1.83 bits per heavy atom. The molecule has 1 fully saturated rings. The van der Waals surface area contributed by atoms with Gasteiger partial charge in [-0.3, -0.25) is 9.69 Å². The van der Waals surface area contributed by atoms with E-state index in [1.807, 2.05) is 28.9 Å². The highest BCUT2D eigenvalue weighted by atomic mass is 32.2. The van der Waals surface area contributed by atoms with Crippen LogP contribution in [0.3, 0.4) is 0 Å². The number of hydrogen-bond donors (Lipinski definition) is 1. The molecule has 8 heteroatoms. The summed E-state index contributed by atoms with van der Waals surface area (Å²) in [5.41, 5.74) is 0.687. The van der Waals surface area contributed by atoms with Gasteiger partial charge in [0.1, 0.15) is 10.9 Å². The zero-order valence-electron chi connectivity index (χ0n) is 13.7. The molecule has 0 radical (unpaired) electrons. The van der Waals surface area contributed by atoms with Gasteiger partial charge in [0.15, 0.2) is 0 Å². The van der Waals surface area contributed by atoms with Crippen LogP contribution < -0.4 is 9.62 Å². The molecular formula is C15H23N3O4S. The topological polar surface area (TPSA) is 79.0 Å². The second kappa shape index (κ2) is 7.29. The summed E-state index contributed by atoms with van der Waals surface area (Å²) in [7, 11) is -0.717. The van der Waals surface area contributed by atoms with E-state index in [1.165, 1.54) is 14.2 Å². The van der Waals surface area contributed by atoms with E-state index < -0.39 is 10.0 Å². The lowest BCUT2D eigenvalue weighted by molar-refractivity contribution is -0.146. The van der Waals surface area contributed by atoms with E-state index in [4.69, 9.17) is 4.74 Å². The number of esters is 1. The molecule has 0 unspecified atom stereocenters. The number of hydrogen-bond acceptors (Lipinski definition) is 6.